The van der Waals surface area contributed by atoms with Gasteiger partial charge in [0.25, 0.3) is 0 Å². The van der Waals surface area contributed by atoms with Gasteiger partial charge in [0.05, 0.1) is 11.7 Å². The summed E-state index contributed by atoms with van der Waals surface area (Å²) in [5, 5.41) is 0.730. The molecule has 0 radical (unpaired) electrons. The zero-order chi connectivity index (χ0) is 11.8. The molecule has 2 nitrogen and oxygen atoms in total. The molecular formula is C14H11ClN2. The van der Waals surface area contributed by atoms with E-state index in [1.807, 2.05) is 41.1 Å². The molecular weight excluding hydrogens is 232 g/mol. The smallest absolute Gasteiger partial charge is 0.144 e. The lowest BCUT2D eigenvalue weighted by molar-refractivity contribution is 1.15. The second kappa shape index (κ2) is 3.90. The van der Waals surface area contributed by atoms with Crippen LogP contribution in [-0.2, 0) is 0 Å². The van der Waals surface area contributed by atoms with Crippen LogP contribution in [0.4, 0.5) is 0 Å². The lowest BCUT2D eigenvalue weighted by Gasteiger charge is -2.04. The van der Waals surface area contributed by atoms with Gasteiger partial charge in [0, 0.05) is 16.8 Å². The van der Waals surface area contributed by atoms with Crippen LogP contribution in [0, 0.1) is 6.92 Å². The van der Waals surface area contributed by atoms with Gasteiger partial charge in [-0.3, -0.25) is 4.40 Å². The molecule has 0 unspecified atom stereocenters. The second-order valence-corrected chi connectivity index (χ2v) is 4.47. The lowest BCUT2D eigenvalue weighted by Crippen LogP contribution is -1.90. The van der Waals surface area contributed by atoms with Gasteiger partial charge in [-0.1, -0.05) is 35.9 Å². The summed E-state index contributed by atoms with van der Waals surface area (Å²) >= 11 is 5.96. The Bertz CT molecular complexity index is 686. The van der Waals surface area contributed by atoms with E-state index < -0.39 is 0 Å². The summed E-state index contributed by atoms with van der Waals surface area (Å²) in [6.07, 6.45) is 3.79. The molecule has 3 rings (SSSR count). The Morgan fingerprint density at radius 2 is 2.00 bits per heavy atom. The van der Waals surface area contributed by atoms with E-state index in [0.29, 0.717) is 0 Å². The fourth-order valence-electron chi connectivity index (χ4n) is 2.00. The largest absolute Gasteiger partial charge is 0.300 e. The fourth-order valence-corrected chi connectivity index (χ4v) is 2.16. The van der Waals surface area contributed by atoms with Crippen LogP contribution in [0.3, 0.4) is 0 Å². The van der Waals surface area contributed by atoms with Crippen LogP contribution in [0.25, 0.3) is 16.9 Å². The van der Waals surface area contributed by atoms with Gasteiger partial charge in [-0.25, -0.2) is 4.98 Å². The molecule has 0 spiro atoms. The molecule has 84 valence electrons. The Morgan fingerprint density at radius 3 is 2.82 bits per heavy atom. The average Bonchev–Trinajstić information content (AvgIpc) is 2.72. The minimum atomic E-state index is 0.730. The quantitative estimate of drug-likeness (QED) is 0.631. The minimum Gasteiger partial charge on any atom is -0.300 e. The highest BCUT2D eigenvalue weighted by Gasteiger charge is 2.08. The number of pyridine rings is 1. The zero-order valence-corrected chi connectivity index (χ0v) is 10.1. The number of halogens is 1. The predicted octanol–water partition coefficient (Wildman–Crippen LogP) is 3.96. The average molecular weight is 243 g/mol. The molecule has 0 saturated carbocycles. The van der Waals surface area contributed by atoms with Gasteiger partial charge < -0.3 is 0 Å². The summed E-state index contributed by atoms with van der Waals surface area (Å²) < 4.78 is 2.05. The van der Waals surface area contributed by atoms with Crippen LogP contribution >= 0.6 is 11.6 Å². The zero-order valence-electron chi connectivity index (χ0n) is 9.39. The molecule has 0 aliphatic carbocycles. The van der Waals surface area contributed by atoms with Gasteiger partial charge >= 0.3 is 0 Å². The van der Waals surface area contributed by atoms with E-state index in [1.165, 1.54) is 5.56 Å². The number of hydrogen-bond acceptors (Lipinski definition) is 1. The van der Waals surface area contributed by atoms with Gasteiger partial charge in [0.2, 0.25) is 0 Å². The van der Waals surface area contributed by atoms with Crippen LogP contribution in [0.1, 0.15) is 5.56 Å². The van der Waals surface area contributed by atoms with Gasteiger partial charge in [0.15, 0.2) is 0 Å². The van der Waals surface area contributed by atoms with Crippen molar-refractivity contribution in [1.82, 2.24) is 9.38 Å². The standard InChI is InChI=1S/C14H11ClN2/c1-10-4-2-3-5-13(10)14-16-9-12-8-11(15)6-7-17(12)14/h2-9H,1H3. The van der Waals surface area contributed by atoms with Crippen molar-refractivity contribution in [3.05, 3.63) is 59.4 Å². The van der Waals surface area contributed by atoms with E-state index in [2.05, 4.69) is 24.0 Å². The van der Waals surface area contributed by atoms with Crippen LogP contribution < -0.4 is 0 Å². The first-order valence-corrected chi connectivity index (χ1v) is 5.82. The van der Waals surface area contributed by atoms with E-state index in [1.54, 1.807) is 0 Å². The maximum atomic E-state index is 5.96. The van der Waals surface area contributed by atoms with Crippen molar-refractivity contribution in [2.45, 2.75) is 6.92 Å². The van der Waals surface area contributed by atoms with Crippen molar-refractivity contribution in [1.29, 1.82) is 0 Å². The SMILES string of the molecule is Cc1ccccc1-c1ncc2cc(Cl)ccn12. The summed E-state index contributed by atoms with van der Waals surface area (Å²) in [6, 6.07) is 12.0. The molecule has 0 aliphatic heterocycles. The molecule has 0 saturated heterocycles. The Labute approximate surface area is 104 Å². The van der Waals surface area contributed by atoms with Gasteiger partial charge in [-0.2, -0.15) is 0 Å². The highest BCUT2D eigenvalue weighted by molar-refractivity contribution is 6.30. The van der Waals surface area contributed by atoms with Gasteiger partial charge in [-0.15, -0.1) is 0 Å². The number of nitrogens with zero attached hydrogens (tertiary/aromatic N) is 2. The third-order valence-corrected chi connectivity index (χ3v) is 3.12. The molecule has 3 heteroatoms. The van der Waals surface area contributed by atoms with E-state index >= 15 is 0 Å². The maximum absolute atomic E-state index is 5.96. The Morgan fingerprint density at radius 1 is 1.18 bits per heavy atom. The van der Waals surface area contributed by atoms with Crippen molar-refractivity contribution in [2.24, 2.45) is 0 Å². The third-order valence-electron chi connectivity index (χ3n) is 2.88. The number of fused-ring (bicyclic) bond motifs is 1. The summed E-state index contributed by atoms with van der Waals surface area (Å²) in [4.78, 5) is 4.47. The first-order valence-electron chi connectivity index (χ1n) is 5.44. The highest BCUT2D eigenvalue weighted by Crippen LogP contribution is 2.24. The molecule has 0 atom stereocenters. The van der Waals surface area contributed by atoms with Crippen molar-refractivity contribution in [3.8, 4) is 11.4 Å². The molecule has 1 aromatic carbocycles. The molecule has 3 aromatic rings. The van der Waals surface area contributed by atoms with Crippen LogP contribution in [0.5, 0.6) is 0 Å². The molecule has 2 heterocycles. The van der Waals surface area contributed by atoms with Crippen molar-refractivity contribution in [2.75, 3.05) is 0 Å². The van der Waals surface area contributed by atoms with Gasteiger partial charge in [0.1, 0.15) is 5.82 Å². The summed E-state index contributed by atoms with van der Waals surface area (Å²) in [6.45, 7) is 2.09. The van der Waals surface area contributed by atoms with Crippen LogP contribution in [-0.4, -0.2) is 9.38 Å². The topological polar surface area (TPSA) is 17.3 Å². The van der Waals surface area contributed by atoms with E-state index in [-0.39, 0.29) is 0 Å². The van der Waals surface area contributed by atoms with E-state index in [4.69, 9.17) is 11.6 Å². The Kier molecular flexibility index (Phi) is 2.37. The van der Waals surface area contributed by atoms with Crippen molar-refractivity contribution in [3.63, 3.8) is 0 Å². The fraction of sp³-hybridized carbons (Fsp3) is 0.0714. The van der Waals surface area contributed by atoms with Crippen molar-refractivity contribution >= 4 is 17.1 Å². The van der Waals surface area contributed by atoms with E-state index in [0.717, 1.165) is 21.9 Å². The first-order chi connectivity index (χ1) is 8.25. The van der Waals surface area contributed by atoms with Crippen molar-refractivity contribution < 1.29 is 0 Å². The highest BCUT2D eigenvalue weighted by atomic mass is 35.5. The number of imidazole rings is 1. The molecule has 0 fully saturated rings. The molecule has 2 aromatic heterocycles. The minimum absolute atomic E-state index is 0.730. The monoisotopic (exact) mass is 242 g/mol. The molecule has 17 heavy (non-hydrogen) atoms. The van der Waals surface area contributed by atoms with Crippen LogP contribution in [0.15, 0.2) is 48.8 Å². The normalized spacial score (nSPS) is 10.9. The summed E-state index contributed by atoms with van der Waals surface area (Å²) in [7, 11) is 0. The second-order valence-electron chi connectivity index (χ2n) is 4.04. The molecule has 0 N–H and O–H groups in total. The summed E-state index contributed by atoms with van der Waals surface area (Å²) in [5.74, 6) is 0.953. The molecule has 0 aliphatic rings. The molecule has 0 amide bonds. The number of rotatable bonds is 1. The Hall–Kier alpha value is -1.80. The number of aromatic nitrogens is 2. The molecule has 0 bridgehead atoms. The Balaban J connectivity index is 2.29. The van der Waals surface area contributed by atoms with Crippen LogP contribution in [0.2, 0.25) is 5.02 Å². The maximum Gasteiger partial charge on any atom is 0.144 e. The first kappa shape index (κ1) is 10.4. The summed E-state index contributed by atoms with van der Waals surface area (Å²) in [5.41, 5.74) is 3.38. The predicted molar refractivity (Wildman–Crippen MR) is 70.4 cm³/mol. The third kappa shape index (κ3) is 1.71. The van der Waals surface area contributed by atoms with E-state index in [9.17, 15) is 0 Å². The lowest BCUT2D eigenvalue weighted by atomic mass is 10.1. The van der Waals surface area contributed by atoms with Gasteiger partial charge in [-0.05, 0) is 24.6 Å². The number of aryl methyl sites for hydroxylation is 1. The number of benzene rings is 1. The number of hydrogen-bond donors (Lipinski definition) is 0.